The molecule has 4 rings (SSSR count). The minimum Gasteiger partial charge on any atom is -0.360 e. The molecule has 0 atom stereocenters. The van der Waals surface area contributed by atoms with Gasteiger partial charge in [-0.1, -0.05) is 30.3 Å². The van der Waals surface area contributed by atoms with E-state index in [0.717, 1.165) is 37.9 Å². The minimum atomic E-state index is -0.586. The van der Waals surface area contributed by atoms with Crippen molar-refractivity contribution in [1.29, 1.82) is 0 Å². The number of hydrogen-bond acceptors (Lipinski definition) is 3. The Morgan fingerprint density at radius 3 is 2.54 bits per heavy atom. The van der Waals surface area contributed by atoms with Crippen LogP contribution in [0, 0.1) is 5.92 Å². The van der Waals surface area contributed by atoms with E-state index in [4.69, 9.17) is 0 Å². The van der Waals surface area contributed by atoms with Crippen molar-refractivity contribution in [3.63, 3.8) is 0 Å². The lowest BCUT2D eigenvalue weighted by molar-refractivity contribution is -0.104. The Labute approximate surface area is 163 Å². The Balaban J connectivity index is 1.45. The second-order valence-electron chi connectivity index (χ2n) is 7.37. The average molecular weight is 374 g/mol. The molecule has 1 fully saturated rings. The van der Waals surface area contributed by atoms with Crippen LogP contribution in [-0.4, -0.2) is 40.9 Å². The van der Waals surface area contributed by atoms with Crippen molar-refractivity contribution in [3.8, 4) is 0 Å². The first kappa shape index (κ1) is 18.2. The molecular formula is C23H22N2O3. The maximum atomic E-state index is 12.9. The van der Waals surface area contributed by atoms with Crippen LogP contribution in [0.4, 0.5) is 0 Å². The number of amides is 1. The summed E-state index contributed by atoms with van der Waals surface area (Å²) < 4.78 is 0. The SMILES string of the molecule is O=CC(=O)c1c[nH]c2ccc(C(=O)N3CCC(Cc4ccccc4)CC3)cc12. The lowest BCUT2D eigenvalue weighted by Crippen LogP contribution is -2.38. The van der Waals surface area contributed by atoms with E-state index < -0.39 is 5.78 Å². The van der Waals surface area contributed by atoms with Crippen LogP contribution >= 0.6 is 0 Å². The summed E-state index contributed by atoms with van der Waals surface area (Å²) >= 11 is 0. The number of aromatic amines is 1. The minimum absolute atomic E-state index is 0.0224. The number of carbonyl (C=O) groups excluding carboxylic acids is 3. The van der Waals surface area contributed by atoms with E-state index in [1.807, 2.05) is 11.0 Å². The summed E-state index contributed by atoms with van der Waals surface area (Å²) in [4.78, 5) is 40.4. The van der Waals surface area contributed by atoms with Crippen molar-refractivity contribution in [3.05, 3.63) is 71.4 Å². The zero-order valence-electron chi connectivity index (χ0n) is 15.6. The van der Waals surface area contributed by atoms with Gasteiger partial charge in [0.1, 0.15) is 0 Å². The molecule has 1 amide bonds. The molecule has 1 saturated heterocycles. The van der Waals surface area contributed by atoms with E-state index in [1.165, 1.54) is 11.8 Å². The normalized spacial score (nSPS) is 14.9. The first-order valence-corrected chi connectivity index (χ1v) is 9.59. The zero-order valence-corrected chi connectivity index (χ0v) is 15.6. The topological polar surface area (TPSA) is 70.2 Å². The molecule has 5 heteroatoms. The van der Waals surface area contributed by atoms with Gasteiger partial charge in [0.05, 0.1) is 5.56 Å². The number of Topliss-reactive ketones (excluding diaryl/α,β-unsaturated/α-hetero) is 1. The number of aldehydes is 1. The zero-order chi connectivity index (χ0) is 19.5. The van der Waals surface area contributed by atoms with Crippen LogP contribution in [0.3, 0.4) is 0 Å². The lowest BCUT2D eigenvalue weighted by atomic mass is 9.90. The third-order valence-corrected chi connectivity index (χ3v) is 5.57. The van der Waals surface area contributed by atoms with Gasteiger partial charge in [-0.05, 0) is 48.9 Å². The smallest absolute Gasteiger partial charge is 0.253 e. The summed E-state index contributed by atoms with van der Waals surface area (Å²) in [5.41, 5.74) is 2.94. The molecule has 142 valence electrons. The van der Waals surface area contributed by atoms with Crippen LogP contribution in [0.2, 0.25) is 0 Å². The molecule has 0 radical (unpaired) electrons. The van der Waals surface area contributed by atoms with Gasteiger partial charge in [-0.15, -0.1) is 0 Å². The number of nitrogens with one attached hydrogen (secondary N) is 1. The molecule has 1 aliphatic rings. The molecule has 1 aromatic heterocycles. The Kier molecular flexibility index (Phi) is 5.06. The number of rotatable bonds is 5. The van der Waals surface area contributed by atoms with Crippen LogP contribution in [0.15, 0.2) is 54.7 Å². The van der Waals surface area contributed by atoms with Gasteiger partial charge in [0.15, 0.2) is 6.29 Å². The molecule has 2 heterocycles. The Bertz CT molecular complexity index is 1010. The number of likely N-dealkylation sites (tertiary alicyclic amines) is 1. The van der Waals surface area contributed by atoms with Crippen molar-refractivity contribution in [2.24, 2.45) is 5.92 Å². The number of carbonyl (C=O) groups is 3. The molecule has 0 spiro atoms. The van der Waals surface area contributed by atoms with Crippen molar-refractivity contribution in [2.75, 3.05) is 13.1 Å². The largest absolute Gasteiger partial charge is 0.360 e. The van der Waals surface area contributed by atoms with E-state index >= 15 is 0 Å². The average Bonchev–Trinajstić information content (AvgIpc) is 3.17. The predicted molar refractivity (Wildman–Crippen MR) is 107 cm³/mol. The maximum Gasteiger partial charge on any atom is 0.253 e. The summed E-state index contributed by atoms with van der Waals surface area (Å²) in [6.07, 6.45) is 4.85. The van der Waals surface area contributed by atoms with Crippen LogP contribution < -0.4 is 0 Å². The predicted octanol–water partition coefficient (Wildman–Crippen LogP) is 3.64. The highest BCUT2D eigenvalue weighted by molar-refractivity contribution is 6.36. The first-order chi connectivity index (χ1) is 13.7. The van der Waals surface area contributed by atoms with E-state index in [0.29, 0.717) is 28.7 Å². The monoisotopic (exact) mass is 374 g/mol. The fourth-order valence-electron chi connectivity index (χ4n) is 3.99. The quantitative estimate of drug-likeness (QED) is 0.421. The van der Waals surface area contributed by atoms with Gasteiger partial charge >= 0.3 is 0 Å². The summed E-state index contributed by atoms with van der Waals surface area (Å²) in [7, 11) is 0. The van der Waals surface area contributed by atoms with Crippen molar-refractivity contribution in [2.45, 2.75) is 19.3 Å². The van der Waals surface area contributed by atoms with Gasteiger partial charge < -0.3 is 9.88 Å². The van der Waals surface area contributed by atoms with E-state index in [9.17, 15) is 14.4 Å². The highest BCUT2D eigenvalue weighted by Gasteiger charge is 2.24. The number of fused-ring (bicyclic) bond motifs is 1. The number of aromatic nitrogens is 1. The van der Waals surface area contributed by atoms with Gasteiger partial charge in [-0.2, -0.15) is 0 Å². The second kappa shape index (κ2) is 7.80. The molecular weight excluding hydrogens is 352 g/mol. The first-order valence-electron chi connectivity index (χ1n) is 9.59. The third kappa shape index (κ3) is 3.60. The fraction of sp³-hybridized carbons (Fsp3) is 0.261. The molecule has 0 aliphatic carbocycles. The summed E-state index contributed by atoms with van der Waals surface area (Å²) in [5, 5.41) is 0.613. The molecule has 3 aromatic rings. The van der Waals surface area contributed by atoms with E-state index in [-0.39, 0.29) is 5.91 Å². The van der Waals surface area contributed by atoms with E-state index in [1.54, 1.807) is 18.2 Å². The number of piperidine rings is 1. The summed E-state index contributed by atoms with van der Waals surface area (Å²) in [6, 6.07) is 15.7. The molecule has 0 unspecified atom stereocenters. The molecule has 2 aromatic carbocycles. The van der Waals surface area contributed by atoms with Gasteiger partial charge in [0, 0.05) is 35.8 Å². The van der Waals surface area contributed by atoms with Crippen LogP contribution in [0.25, 0.3) is 10.9 Å². The fourth-order valence-corrected chi connectivity index (χ4v) is 3.99. The number of benzene rings is 2. The Morgan fingerprint density at radius 1 is 1.07 bits per heavy atom. The van der Waals surface area contributed by atoms with Gasteiger partial charge in [0.25, 0.3) is 5.91 Å². The van der Waals surface area contributed by atoms with Crippen LogP contribution in [0.1, 0.15) is 39.1 Å². The van der Waals surface area contributed by atoms with Gasteiger partial charge in [-0.25, -0.2) is 0 Å². The molecule has 1 N–H and O–H groups in total. The van der Waals surface area contributed by atoms with Gasteiger partial charge in [0.2, 0.25) is 5.78 Å². The van der Waals surface area contributed by atoms with Crippen molar-refractivity contribution >= 4 is 28.9 Å². The Hall–Kier alpha value is -3.21. The standard InChI is InChI=1S/C23H22N2O3/c26-15-22(27)20-14-24-21-7-6-18(13-19(20)21)23(28)25-10-8-17(9-11-25)12-16-4-2-1-3-5-16/h1-7,13-15,17,24H,8-12H2. The second-order valence-corrected chi connectivity index (χ2v) is 7.37. The molecule has 28 heavy (non-hydrogen) atoms. The van der Waals surface area contributed by atoms with Crippen LogP contribution in [-0.2, 0) is 11.2 Å². The maximum absolute atomic E-state index is 12.9. The number of H-pyrrole nitrogens is 1. The number of ketones is 1. The Morgan fingerprint density at radius 2 is 1.82 bits per heavy atom. The molecule has 0 bridgehead atoms. The third-order valence-electron chi connectivity index (χ3n) is 5.57. The highest BCUT2D eigenvalue weighted by Crippen LogP contribution is 2.25. The summed E-state index contributed by atoms with van der Waals surface area (Å²) in [6.45, 7) is 1.48. The van der Waals surface area contributed by atoms with E-state index in [2.05, 4.69) is 29.2 Å². The molecule has 5 nitrogen and oxygen atoms in total. The number of hydrogen-bond donors (Lipinski definition) is 1. The highest BCUT2D eigenvalue weighted by atomic mass is 16.2. The van der Waals surface area contributed by atoms with Gasteiger partial charge in [-0.3, -0.25) is 14.4 Å². The molecule has 1 aliphatic heterocycles. The van der Waals surface area contributed by atoms with Crippen molar-refractivity contribution < 1.29 is 14.4 Å². The number of nitrogens with zero attached hydrogens (tertiary/aromatic N) is 1. The summed E-state index contributed by atoms with van der Waals surface area (Å²) in [5.74, 6) is -0.0150. The lowest BCUT2D eigenvalue weighted by Gasteiger charge is -2.32. The molecule has 0 saturated carbocycles. The van der Waals surface area contributed by atoms with Crippen molar-refractivity contribution in [1.82, 2.24) is 9.88 Å². The van der Waals surface area contributed by atoms with Crippen LogP contribution in [0.5, 0.6) is 0 Å².